The zero-order valence-corrected chi connectivity index (χ0v) is 22.7. The first-order valence-electron chi connectivity index (χ1n) is 13.0. The van der Waals surface area contributed by atoms with E-state index in [4.69, 9.17) is 9.47 Å². The Morgan fingerprint density at radius 2 is 1.97 bits per heavy atom. The van der Waals surface area contributed by atoms with Gasteiger partial charge in [-0.25, -0.2) is 4.79 Å². The van der Waals surface area contributed by atoms with Crippen molar-refractivity contribution in [3.63, 3.8) is 0 Å². The fourth-order valence-electron chi connectivity index (χ4n) is 4.51. The second-order valence-corrected chi connectivity index (χ2v) is 10.6. The lowest BCUT2D eigenvalue weighted by Crippen LogP contribution is -2.53. The average Bonchev–Trinajstić information content (AvgIpc) is 2.93. The van der Waals surface area contributed by atoms with Crippen LogP contribution in [0.1, 0.15) is 31.2 Å². The first-order valence-corrected chi connectivity index (χ1v) is 14.0. The zero-order valence-electron chi connectivity index (χ0n) is 21.8. The zero-order chi connectivity index (χ0) is 27.8. The molecule has 0 bridgehead atoms. The third kappa shape index (κ3) is 8.01. The van der Waals surface area contributed by atoms with Crippen molar-refractivity contribution in [2.24, 2.45) is 0 Å². The predicted molar refractivity (Wildman–Crippen MR) is 142 cm³/mol. The van der Waals surface area contributed by atoms with Crippen molar-refractivity contribution >= 4 is 34.5 Å². The fraction of sp³-hybridized carbons (Fsp3) is 0.519. The molecule has 1 saturated heterocycles. The van der Waals surface area contributed by atoms with Gasteiger partial charge in [-0.15, -0.1) is 11.8 Å². The molecule has 1 aromatic heterocycles. The number of rotatable bonds is 10. The van der Waals surface area contributed by atoms with Gasteiger partial charge >= 0.3 is 12.2 Å². The molecule has 2 amide bonds. The summed E-state index contributed by atoms with van der Waals surface area (Å²) in [6, 6.07) is 5.41. The number of hydrogen-bond donors (Lipinski definition) is 1. The molecule has 2 aliphatic rings. The number of carbonyl (C=O) groups is 2. The molecule has 1 atom stereocenters. The van der Waals surface area contributed by atoms with Crippen molar-refractivity contribution in [2.45, 2.75) is 42.9 Å². The van der Waals surface area contributed by atoms with E-state index in [1.54, 1.807) is 30.0 Å². The van der Waals surface area contributed by atoms with Crippen molar-refractivity contribution < 1.29 is 32.2 Å². The van der Waals surface area contributed by atoms with Crippen LogP contribution in [-0.2, 0) is 20.4 Å². The van der Waals surface area contributed by atoms with Gasteiger partial charge in [-0.1, -0.05) is 6.07 Å². The number of ether oxygens (including phenoxy) is 2. The standard InChI is InChI=1S/C27H33F3N4O4S/c1-31-26(36)34-11-9-33(10-12-34)17-24-23(35)16-20(18-38-24)37-13-3-2-4-14-39-25-7-8-32-22-15-19(27(28,29)30)5-6-21(22)25/h5-8,15,18,24H,2-4,9-14,16-17H2,1H3,(H,31,36). The molecular weight excluding hydrogens is 533 g/mol. The molecule has 0 aliphatic carbocycles. The van der Waals surface area contributed by atoms with Crippen LogP contribution in [0.2, 0.25) is 0 Å². The Morgan fingerprint density at radius 3 is 2.69 bits per heavy atom. The SMILES string of the molecule is CNC(=O)N1CCN(CC2OC=C(OCCCCCSc3ccnc4cc(C(F)(F)F)ccc34)CC2=O)CC1. The number of nitrogens with one attached hydrogen (secondary N) is 1. The van der Waals surface area contributed by atoms with Crippen LogP contribution in [0, 0.1) is 0 Å². The van der Waals surface area contributed by atoms with Gasteiger partial charge in [0, 0.05) is 56.3 Å². The maximum Gasteiger partial charge on any atom is 0.416 e. The number of nitrogens with zero attached hydrogens (tertiary/aromatic N) is 3. The molecule has 2 aromatic rings. The van der Waals surface area contributed by atoms with Crippen molar-refractivity contribution in [2.75, 3.05) is 52.1 Å². The number of thioether (sulfide) groups is 1. The molecule has 4 rings (SSSR count). The monoisotopic (exact) mass is 566 g/mol. The minimum atomic E-state index is -4.39. The van der Waals surface area contributed by atoms with Crippen LogP contribution in [0.15, 0.2) is 47.4 Å². The Morgan fingerprint density at radius 1 is 1.18 bits per heavy atom. The van der Waals surface area contributed by atoms with Crippen LogP contribution < -0.4 is 5.32 Å². The number of allylic oxidation sites excluding steroid dienone is 1. The van der Waals surface area contributed by atoms with Crippen LogP contribution >= 0.6 is 11.8 Å². The van der Waals surface area contributed by atoms with Crippen LogP contribution in [0.5, 0.6) is 0 Å². The number of carbonyl (C=O) groups excluding carboxylic acids is 2. The summed E-state index contributed by atoms with van der Waals surface area (Å²) in [4.78, 5) is 33.2. The number of aromatic nitrogens is 1. The molecule has 3 heterocycles. The molecule has 212 valence electrons. The number of urea groups is 1. The number of fused-ring (bicyclic) bond motifs is 1. The molecule has 12 heteroatoms. The summed E-state index contributed by atoms with van der Waals surface area (Å²) in [6.45, 7) is 3.61. The summed E-state index contributed by atoms with van der Waals surface area (Å²) in [5.74, 6) is 1.35. The van der Waals surface area contributed by atoms with E-state index in [0.717, 1.165) is 47.4 Å². The Labute approximate surface area is 229 Å². The van der Waals surface area contributed by atoms with E-state index < -0.39 is 17.8 Å². The number of unbranched alkanes of at least 4 members (excludes halogenated alkanes) is 2. The summed E-state index contributed by atoms with van der Waals surface area (Å²) in [6.07, 6.45) is 1.04. The number of pyridine rings is 1. The quantitative estimate of drug-likeness (QED) is 0.330. The molecule has 2 aliphatic heterocycles. The van der Waals surface area contributed by atoms with E-state index in [2.05, 4.69) is 15.2 Å². The fourth-order valence-corrected chi connectivity index (χ4v) is 5.56. The largest absolute Gasteiger partial charge is 0.494 e. The van der Waals surface area contributed by atoms with E-state index in [9.17, 15) is 22.8 Å². The molecule has 1 aromatic carbocycles. The van der Waals surface area contributed by atoms with Gasteiger partial charge in [0.25, 0.3) is 0 Å². The lowest BCUT2D eigenvalue weighted by Gasteiger charge is -2.36. The van der Waals surface area contributed by atoms with Gasteiger partial charge < -0.3 is 19.7 Å². The average molecular weight is 567 g/mol. The van der Waals surface area contributed by atoms with Gasteiger partial charge in [-0.05, 0) is 43.2 Å². The molecule has 1 unspecified atom stereocenters. The highest BCUT2D eigenvalue weighted by Gasteiger charge is 2.31. The topological polar surface area (TPSA) is 84.0 Å². The molecule has 0 saturated carbocycles. The van der Waals surface area contributed by atoms with Gasteiger partial charge in [-0.3, -0.25) is 14.7 Å². The lowest BCUT2D eigenvalue weighted by atomic mass is 10.1. The summed E-state index contributed by atoms with van der Waals surface area (Å²) < 4.78 is 50.3. The minimum absolute atomic E-state index is 0.00966. The normalized spacial score (nSPS) is 18.6. The van der Waals surface area contributed by atoms with Crippen LogP contribution in [0.3, 0.4) is 0 Å². The molecule has 0 spiro atoms. The van der Waals surface area contributed by atoms with Gasteiger partial charge in [0.2, 0.25) is 0 Å². The smallest absolute Gasteiger partial charge is 0.416 e. The number of benzene rings is 1. The summed E-state index contributed by atoms with van der Waals surface area (Å²) in [5, 5.41) is 3.35. The second-order valence-electron chi connectivity index (χ2n) is 9.49. The molecular formula is C27H33F3N4O4S. The number of amides is 2. The summed E-state index contributed by atoms with van der Waals surface area (Å²) in [7, 11) is 1.61. The van der Waals surface area contributed by atoms with Gasteiger partial charge in [0.15, 0.2) is 11.9 Å². The second kappa shape index (κ2) is 13.4. The first kappa shape index (κ1) is 29.0. The van der Waals surface area contributed by atoms with Crippen LogP contribution in [0.4, 0.5) is 18.0 Å². The number of ketones is 1. The third-order valence-electron chi connectivity index (χ3n) is 6.73. The number of Topliss-reactive ketones (excluding diaryl/α,β-unsaturated/α-hetero) is 1. The number of hydrogen-bond acceptors (Lipinski definition) is 7. The Balaban J connectivity index is 1.12. The van der Waals surface area contributed by atoms with E-state index in [-0.39, 0.29) is 18.2 Å². The Hall–Kier alpha value is -2.99. The van der Waals surface area contributed by atoms with E-state index in [1.165, 1.54) is 12.3 Å². The predicted octanol–water partition coefficient (Wildman–Crippen LogP) is 4.69. The highest BCUT2D eigenvalue weighted by atomic mass is 32.2. The summed E-state index contributed by atoms with van der Waals surface area (Å²) >= 11 is 1.60. The number of halogens is 3. The molecule has 1 fully saturated rings. The van der Waals surface area contributed by atoms with Crippen LogP contribution in [-0.4, -0.2) is 84.8 Å². The first-order chi connectivity index (χ1) is 18.7. The number of piperazine rings is 1. The van der Waals surface area contributed by atoms with Gasteiger partial charge in [0.1, 0.15) is 12.0 Å². The molecule has 1 N–H and O–H groups in total. The lowest BCUT2D eigenvalue weighted by molar-refractivity contribution is -0.137. The van der Waals surface area contributed by atoms with E-state index >= 15 is 0 Å². The van der Waals surface area contributed by atoms with Gasteiger partial charge in [0.05, 0.1) is 24.1 Å². The molecule has 8 nitrogen and oxygen atoms in total. The van der Waals surface area contributed by atoms with Gasteiger partial charge in [-0.2, -0.15) is 13.2 Å². The van der Waals surface area contributed by atoms with Crippen LogP contribution in [0.25, 0.3) is 10.9 Å². The van der Waals surface area contributed by atoms with E-state index in [1.807, 2.05) is 6.07 Å². The highest BCUT2D eigenvalue weighted by molar-refractivity contribution is 7.99. The molecule has 39 heavy (non-hydrogen) atoms. The van der Waals surface area contributed by atoms with Crippen molar-refractivity contribution in [3.05, 3.63) is 48.0 Å². The van der Waals surface area contributed by atoms with Crippen molar-refractivity contribution in [1.82, 2.24) is 20.1 Å². The maximum atomic E-state index is 13.0. The summed E-state index contributed by atoms with van der Waals surface area (Å²) in [5.41, 5.74) is -0.357. The maximum absolute atomic E-state index is 13.0. The third-order valence-corrected chi connectivity index (χ3v) is 7.89. The Bertz CT molecular complexity index is 1190. The Kier molecular flexibility index (Phi) is 9.95. The highest BCUT2D eigenvalue weighted by Crippen LogP contribution is 2.34. The van der Waals surface area contributed by atoms with Crippen molar-refractivity contribution in [3.8, 4) is 0 Å². The van der Waals surface area contributed by atoms with Crippen molar-refractivity contribution in [1.29, 1.82) is 0 Å². The number of alkyl halides is 3. The van der Waals surface area contributed by atoms with E-state index in [0.29, 0.717) is 50.6 Å². The minimum Gasteiger partial charge on any atom is -0.494 e. The molecule has 0 radical (unpaired) electrons.